The molecule has 0 aliphatic rings. The number of hydrogen-bond donors (Lipinski definition) is 0. The minimum Gasteiger partial charge on any atom is -0.285 e. The Bertz CT molecular complexity index is 502. The number of thiazole rings is 1. The predicted molar refractivity (Wildman–Crippen MR) is 61.5 cm³/mol. The summed E-state index contributed by atoms with van der Waals surface area (Å²) in [5, 5.41) is 4.24. The minimum atomic E-state index is -0.229. The van der Waals surface area contributed by atoms with Gasteiger partial charge in [-0.3, -0.25) is 9.48 Å². The highest BCUT2D eigenvalue weighted by molar-refractivity contribution is 9.11. The molecular weight excluding hydrogens is 302 g/mol. The second-order valence-corrected chi connectivity index (χ2v) is 5.35. The van der Waals surface area contributed by atoms with Gasteiger partial charge in [0.25, 0.3) is 0 Å². The van der Waals surface area contributed by atoms with Crippen molar-refractivity contribution >= 4 is 44.7 Å². The highest BCUT2D eigenvalue weighted by Gasteiger charge is 2.21. The van der Waals surface area contributed by atoms with Crippen molar-refractivity contribution in [1.29, 1.82) is 0 Å². The van der Waals surface area contributed by atoms with Gasteiger partial charge in [-0.15, -0.1) is 11.3 Å². The maximum atomic E-state index is 12.0. The molecule has 0 N–H and O–H groups in total. The third-order valence-corrected chi connectivity index (χ3v) is 3.67. The fourth-order valence-corrected chi connectivity index (χ4v) is 2.45. The zero-order chi connectivity index (χ0) is 11.0. The zero-order valence-corrected chi connectivity index (χ0v) is 10.7. The number of nitrogens with zero attached hydrogens (tertiary/aromatic N) is 3. The molecule has 2 aromatic rings. The number of carbonyl (C=O) groups excluding carboxylic acids is 1. The first-order valence-corrected chi connectivity index (χ1v) is 5.97. The van der Waals surface area contributed by atoms with Gasteiger partial charge in [-0.25, -0.2) is 4.98 Å². The Balaban J connectivity index is 2.50. The maximum absolute atomic E-state index is 12.0. The van der Waals surface area contributed by atoms with Crippen LogP contribution in [0.2, 0.25) is 5.02 Å². The van der Waals surface area contributed by atoms with Crippen LogP contribution in [0.15, 0.2) is 15.5 Å². The van der Waals surface area contributed by atoms with Crippen molar-refractivity contribution in [2.45, 2.75) is 0 Å². The van der Waals surface area contributed by atoms with Crippen LogP contribution in [-0.4, -0.2) is 20.5 Å². The van der Waals surface area contributed by atoms with Crippen LogP contribution in [0.25, 0.3) is 0 Å². The third kappa shape index (κ3) is 1.84. The molecule has 0 saturated heterocycles. The van der Waals surface area contributed by atoms with Gasteiger partial charge in [0, 0.05) is 7.05 Å². The standard InChI is InChI=1S/C8H5BrClN3OS/c1-13-6(4(10)2-12-13)7(14)5-8(9)15-3-11-5/h2-3H,1H3. The molecule has 0 saturated carbocycles. The molecule has 0 radical (unpaired) electrons. The first-order valence-electron chi connectivity index (χ1n) is 3.92. The van der Waals surface area contributed by atoms with E-state index in [-0.39, 0.29) is 5.78 Å². The predicted octanol–water partition coefficient (Wildman–Crippen LogP) is 2.52. The second kappa shape index (κ2) is 4.03. The summed E-state index contributed by atoms with van der Waals surface area (Å²) in [5.74, 6) is -0.229. The first kappa shape index (κ1) is 10.8. The monoisotopic (exact) mass is 305 g/mol. The highest BCUT2D eigenvalue weighted by Crippen LogP contribution is 2.25. The van der Waals surface area contributed by atoms with Crippen molar-refractivity contribution in [3.63, 3.8) is 0 Å². The topological polar surface area (TPSA) is 47.8 Å². The smallest absolute Gasteiger partial charge is 0.232 e. The largest absolute Gasteiger partial charge is 0.285 e. The molecule has 0 amide bonds. The summed E-state index contributed by atoms with van der Waals surface area (Å²) in [5.41, 5.74) is 2.32. The van der Waals surface area contributed by atoms with Gasteiger partial charge in [-0.2, -0.15) is 5.10 Å². The van der Waals surface area contributed by atoms with E-state index in [0.717, 1.165) is 0 Å². The van der Waals surface area contributed by atoms with Crippen LogP contribution < -0.4 is 0 Å². The molecular formula is C8H5BrClN3OS. The lowest BCUT2D eigenvalue weighted by atomic mass is 10.2. The van der Waals surface area contributed by atoms with E-state index in [9.17, 15) is 4.79 Å². The summed E-state index contributed by atoms with van der Waals surface area (Å²) in [4.78, 5) is 16.0. The molecule has 0 spiro atoms. The number of rotatable bonds is 2. The summed E-state index contributed by atoms with van der Waals surface area (Å²) in [6.07, 6.45) is 1.44. The molecule has 2 heterocycles. The average Bonchev–Trinajstić information content (AvgIpc) is 2.73. The van der Waals surface area contributed by atoms with Crippen LogP contribution in [0, 0.1) is 0 Å². The Morgan fingerprint density at radius 1 is 1.67 bits per heavy atom. The molecule has 7 heteroatoms. The number of hydrogen-bond acceptors (Lipinski definition) is 4. The third-order valence-electron chi connectivity index (χ3n) is 1.85. The first-order chi connectivity index (χ1) is 7.11. The zero-order valence-electron chi connectivity index (χ0n) is 7.57. The van der Waals surface area contributed by atoms with E-state index in [2.05, 4.69) is 26.0 Å². The Labute approximate surface area is 103 Å². The Kier molecular flexibility index (Phi) is 2.90. The second-order valence-electron chi connectivity index (χ2n) is 2.77. The molecule has 0 fully saturated rings. The lowest BCUT2D eigenvalue weighted by molar-refractivity contribution is 0.102. The van der Waals surface area contributed by atoms with Crippen LogP contribution in [0.4, 0.5) is 0 Å². The number of aryl methyl sites for hydroxylation is 1. The van der Waals surface area contributed by atoms with Gasteiger partial charge in [0.2, 0.25) is 5.78 Å². The highest BCUT2D eigenvalue weighted by atomic mass is 79.9. The van der Waals surface area contributed by atoms with E-state index in [1.54, 1.807) is 12.6 Å². The van der Waals surface area contributed by atoms with Crippen molar-refractivity contribution < 1.29 is 4.79 Å². The fraction of sp³-hybridized carbons (Fsp3) is 0.125. The molecule has 0 bridgehead atoms. The van der Waals surface area contributed by atoms with Gasteiger partial charge in [-0.1, -0.05) is 11.6 Å². The van der Waals surface area contributed by atoms with Crippen molar-refractivity contribution in [3.8, 4) is 0 Å². The maximum Gasteiger partial charge on any atom is 0.232 e. The Morgan fingerprint density at radius 2 is 2.40 bits per heavy atom. The molecule has 0 unspecified atom stereocenters. The van der Waals surface area contributed by atoms with Crippen LogP contribution in [0.3, 0.4) is 0 Å². The SMILES string of the molecule is Cn1ncc(Cl)c1C(=O)c1ncsc1Br. The molecule has 2 rings (SSSR count). The van der Waals surface area contributed by atoms with Crippen LogP contribution in [0.1, 0.15) is 16.2 Å². The molecule has 4 nitrogen and oxygen atoms in total. The summed E-state index contributed by atoms with van der Waals surface area (Å²) < 4.78 is 2.14. The minimum absolute atomic E-state index is 0.229. The van der Waals surface area contributed by atoms with Crippen LogP contribution in [0.5, 0.6) is 0 Å². The van der Waals surface area contributed by atoms with Crippen molar-refractivity contribution in [3.05, 3.63) is 31.9 Å². The molecule has 15 heavy (non-hydrogen) atoms. The van der Waals surface area contributed by atoms with E-state index in [4.69, 9.17) is 11.6 Å². The van der Waals surface area contributed by atoms with Gasteiger partial charge in [0.1, 0.15) is 15.2 Å². The van der Waals surface area contributed by atoms with E-state index >= 15 is 0 Å². The summed E-state index contributed by atoms with van der Waals surface area (Å²) in [7, 11) is 1.67. The van der Waals surface area contributed by atoms with Crippen molar-refractivity contribution in [2.75, 3.05) is 0 Å². The van der Waals surface area contributed by atoms with Gasteiger partial charge in [0.15, 0.2) is 0 Å². The van der Waals surface area contributed by atoms with E-state index in [0.29, 0.717) is 20.2 Å². The molecule has 2 aromatic heterocycles. The lowest BCUT2D eigenvalue weighted by Gasteiger charge is -1.99. The van der Waals surface area contributed by atoms with Gasteiger partial charge >= 0.3 is 0 Å². The Morgan fingerprint density at radius 3 is 2.87 bits per heavy atom. The van der Waals surface area contributed by atoms with E-state index in [1.165, 1.54) is 22.2 Å². The molecule has 0 atom stereocenters. The quantitative estimate of drug-likeness (QED) is 0.801. The summed E-state index contributed by atoms with van der Waals surface area (Å²) >= 11 is 10.5. The number of aromatic nitrogens is 3. The fourth-order valence-electron chi connectivity index (χ4n) is 1.16. The van der Waals surface area contributed by atoms with Crippen LogP contribution in [-0.2, 0) is 7.05 Å². The van der Waals surface area contributed by atoms with Crippen molar-refractivity contribution in [2.24, 2.45) is 7.05 Å². The normalized spacial score (nSPS) is 10.6. The van der Waals surface area contributed by atoms with Crippen LogP contribution >= 0.6 is 38.9 Å². The molecule has 78 valence electrons. The summed E-state index contributed by atoms with van der Waals surface area (Å²) in [6, 6.07) is 0. The molecule has 0 aliphatic carbocycles. The number of ketones is 1. The van der Waals surface area contributed by atoms with Gasteiger partial charge < -0.3 is 0 Å². The Hall–Kier alpha value is -0.720. The number of carbonyl (C=O) groups is 1. The van der Waals surface area contributed by atoms with Gasteiger partial charge in [0.05, 0.1) is 16.7 Å². The molecule has 0 aliphatic heterocycles. The van der Waals surface area contributed by atoms with Gasteiger partial charge in [-0.05, 0) is 15.9 Å². The van der Waals surface area contributed by atoms with Crippen molar-refractivity contribution in [1.82, 2.24) is 14.8 Å². The lowest BCUT2D eigenvalue weighted by Crippen LogP contribution is -2.09. The van der Waals surface area contributed by atoms with E-state index in [1.807, 2.05) is 0 Å². The molecule has 0 aromatic carbocycles. The van der Waals surface area contributed by atoms with E-state index < -0.39 is 0 Å². The number of halogens is 2. The summed E-state index contributed by atoms with van der Waals surface area (Å²) in [6.45, 7) is 0. The average molecular weight is 307 g/mol.